The van der Waals surface area contributed by atoms with Gasteiger partial charge in [-0.3, -0.25) is 0 Å². The summed E-state index contributed by atoms with van der Waals surface area (Å²) in [6.45, 7) is -0.209. The van der Waals surface area contributed by atoms with E-state index in [1.807, 2.05) is 12.1 Å². The largest absolute Gasteiger partial charge is 0.496 e. The van der Waals surface area contributed by atoms with Gasteiger partial charge in [0.2, 0.25) is 0 Å². The lowest BCUT2D eigenvalue weighted by molar-refractivity contribution is 0.113. The summed E-state index contributed by atoms with van der Waals surface area (Å²) in [6.07, 6.45) is -0.671. The Morgan fingerprint density at radius 2 is 2.25 bits per heavy atom. The molecule has 16 heavy (non-hydrogen) atoms. The summed E-state index contributed by atoms with van der Waals surface area (Å²) in [7, 11) is 1.61. The van der Waals surface area contributed by atoms with E-state index in [1.54, 1.807) is 13.2 Å². The molecular weight excluding hydrogens is 248 g/mol. The van der Waals surface area contributed by atoms with Gasteiger partial charge in [-0.2, -0.15) is 11.8 Å². The van der Waals surface area contributed by atoms with Crippen LogP contribution in [0.5, 0.6) is 5.75 Å². The van der Waals surface area contributed by atoms with Crippen LogP contribution >= 0.6 is 23.4 Å². The smallest absolute Gasteiger partial charge is 0.122 e. The molecule has 0 bridgehead atoms. The monoisotopic (exact) mass is 262 g/mol. The summed E-state index contributed by atoms with van der Waals surface area (Å²) in [5, 5.41) is 18.5. The zero-order valence-corrected chi connectivity index (χ0v) is 10.6. The summed E-state index contributed by atoms with van der Waals surface area (Å²) in [5.41, 5.74) is 0.991. The number of aliphatic hydroxyl groups is 2. The predicted octanol–water partition coefficient (Wildman–Crippen LogP) is 1.94. The fourth-order valence-corrected chi connectivity index (χ4v) is 2.35. The van der Waals surface area contributed by atoms with Crippen LogP contribution in [0.4, 0.5) is 0 Å². The Hall–Kier alpha value is -0.420. The lowest BCUT2D eigenvalue weighted by atomic mass is 10.2. The van der Waals surface area contributed by atoms with Gasteiger partial charge in [-0.05, 0) is 18.2 Å². The maximum atomic E-state index is 9.19. The summed E-state index contributed by atoms with van der Waals surface area (Å²) >= 11 is 7.42. The van der Waals surface area contributed by atoms with Gasteiger partial charge in [-0.25, -0.2) is 0 Å². The number of aliphatic hydroxyl groups excluding tert-OH is 2. The Bertz CT molecular complexity index is 333. The second-order valence-corrected chi connectivity index (χ2v) is 4.77. The van der Waals surface area contributed by atoms with E-state index in [-0.39, 0.29) is 6.61 Å². The SMILES string of the molecule is COc1ccc(Cl)cc1CSCC(O)CO. The molecule has 0 amide bonds. The van der Waals surface area contributed by atoms with Crippen LogP contribution in [0.2, 0.25) is 5.02 Å². The van der Waals surface area contributed by atoms with Gasteiger partial charge in [0.25, 0.3) is 0 Å². The molecule has 0 heterocycles. The fraction of sp³-hybridized carbons (Fsp3) is 0.455. The third-order valence-electron chi connectivity index (χ3n) is 2.02. The van der Waals surface area contributed by atoms with E-state index in [0.717, 1.165) is 11.3 Å². The van der Waals surface area contributed by atoms with Crippen molar-refractivity contribution >= 4 is 23.4 Å². The average molecular weight is 263 g/mol. The second kappa shape index (κ2) is 7.01. The molecule has 0 aliphatic heterocycles. The second-order valence-electron chi connectivity index (χ2n) is 3.31. The van der Waals surface area contributed by atoms with Crippen LogP contribution in [-0.4, -0.2) is 35.8 Å². The number of methoxy groups -OCH3 is 1. The third kappa shape index (κ3) is 4.22. The molecule has 0 aliphatic carbocycles. The third-order valence-corrected chi connectivity index (χ3v) is 3.39. The quantitative estimate of drug-likeness (QED) is 0.823. The molecule has 1 rings (SSSR count). The fourth-order valence-electron chi connectivity index (χ4n) is 1.22. The molecule has 0 saturated heterocycles. The van der Waals surface area contributed by atoms with Crippen molar-refractivity contribution in [1.82, 2.24) is 0 Å². The molecule has 5 heteroatoms. The van der Waals surface area contributed by atoms with E-state index in [4.69, 9.17) is 21.4 Å². The Kier molecular flexibility index (Phi) is 5.98. The summed E-state index contributed by atoms with van der Waals surface area (Å²) in [5.74, 6) is 1.97. The van der Waals surface area contributed by atoms with E-state index in [9.17, 15) is 5.11 Å². The average Bonchev–Trinajstić information content (AvgIpc) is 2.29. The topological polar surface area (TPSA) is 49.7 Å². The van der Waals surface area contributed by atoms with E-state index < -0.39 is 6.10 Å². The van der Waals surface area contributed by atoms with Gasteiger partial charge in [0.05, 0.1) is 19.8 Å². The molecule has 0 aromatic heterocycles. The van der Waals surface area contributed by atoms with Gasteiger partial charge in [0, 0.05) is 22.1 Å². The normalized spacial score (nSPS) is 12.5. The van der Waals surface area contributed by atoms with Crippen molar-refractivity contribution in [1.29, 1.82) is 0 Å². The number of thioether (sulfide) groups is 1. The molecule has 2 N–H and O–H groups in total. The first-order valence-corrected chi connectivity index (χ1v) is 6.39. The van der Waals surface area contributed by atoms with Crippen LogP contribution in [-0.2, 0) is 5.75 Å². The van der Waals surface area contributed by atoms with Crippen LogP contribution in [0, 0.1) is 0 Å². The van der Waals surface area contributed by atoms with Crippen LogP contribution in [0.3, 0.4) is 0 Å². The molecule has 0 radical (unpaired) electrons. The zero-order chi connectivity index (χ0) is 12.0. The first kappa shape index (κ1) is 13.6. The molecule has 3 nitrogen and oxygen atoms in total. The molecule has 0 fully saturated rings. The number of benzene rings is 1. The van der Waals surface area contributed by atoms with E-state index in [2.05, 4.69) is 0 Å². The Morgan fingerprint density at radius 3 is 2.88 bits per heavy atom. The van der Waals surface area contributed by atoms with Gasteiger partial charge in [-0.1, -0.05) is 11.6 Å². The van der Waals surface area contributed by atoms with Crippen molar-refractivity contribution in [3.63, 3.8) is 0 Å². The molecular formula is C11H15ClO3S. The van der Waals surface area contributed by atoms with Gasteiger partial charge >= 0.3 is 0 Å². The number of halogens is 1. The molecule has 1 unspecified atom stereocenters. The number of hydrogen-bond acceptors (Lipinski definition) is 4. The highest BCUT2D eigenvalue weighted by Crippen LogP contribution is 2.26. The molecule has 0 spiro atoms. The van der Waals surface area contributed by atoms with Crippen LogP contribution in [0.25, 0.3) is 0 Å². The molecule has 90 valence electrons. The summed E-state index contributed by atoms with van der Waals surface area (Å²) < 4.78 is 5.20. The lowest BCUT2D eigenvalue weighted by Crippen LogP contribution is -2.14. The summed E-state index contributed by atoms with van der Waals surface area (Å²) in [4.78, 5) is 0. The number of rotatable bonds is 6. The van der Waals surface area contributed by atoms with Gasteiger partial charge in [-0.15, -0.1) is 0 Å². The minimum absolute atomic E-state index is 0.209. The minimum Gasteiger partial charge on any atom is -0.496 e. The molecule has 1 aromatic rings. The highest BCUT2D eigenvalue weighted by Gasteiger charge is 2.06. The molecule has 0 saturated carbocycles. The highest BCUT2D eigenvalue weighted by molar-refractivity contribution is 7.98. The van der Waals surface area contributed by atoms with Crippen molar-refractivity contribution < 1.29 is 14.9 Å². The van der Waals surface area contributed by atoms with Crippen molar-refractivity contribution in [2.75, 3.05) is 19.5 Å². The zero-order valence-electron chi connectivity index (χ0n) is 9.02. The van der Waals surface area contributed by atoms with Crippen LogP contribution in [0.15, 0.2) is 18.2 Å². The van der Waals surface area contributed by atoms with Crippen LogP contribution in [0.1, 0.15) is 5.56 Å². The van der Waals surface area contributed by atoms with Gasteiger partial charge < -0.3 is 14.9 Å². The maximum absolute atomic E-state index is 9.19. The van der Waals surface area contributed by atoms with Gasteiger partial charge in [0.1, 0.15) is 5.75 Å². The van der Waals surface area contributed by atoms with E-state index in [0.29, 0.717) is 16.5 Å². The van der Waals surface area contributed by atoms with E-state index in [1.165, 1.54) is 11.8 Å². The predicted molar refractivity (Wildman–Crippen MR) is 67.3 cm³/mol. The maximum Gasteiger partial charge on any atom is 0.122 e. The highest BCUT2D eigenvalue weighted by atomic mass is 35.5. The van der Waals surface area contributed by atoms with Crippen molar-refractivity contribution in [2.24, 2.45) is 0 Å². The van der Waals surface area contributed by atoms with Gasteiger partial charge in [0.15, 0.2) is 0 Å². The molecule has 0 aliphatic rings. The first-order valence-electron chi connectivity index (χ1n) is 4.86. The van der Waals surface area contributed by atoms with Crippen molar-refractivity contribution in [3.05, 3.63) is 28.8 Å². The van der Waals surface area contributed by atoms with Crippen molar-refractivity contribution in [2.45, 2.75) is 11.9 Å². The minimum atomic E-state index is -0.671. The Balaban J connectivity index is 2.55. The van der Waals surface area contributed by atoms with Crippen molar-refractivity contribution in [3.8, 4) is 5.75 Å². The first-order chi connectivity index (χ1) is 7.67. The Labute approximate surface area is 104 Å². The number of ether oxygens (including phenoxy) is 1. The standard InChI is InChI=1S/C11H15ClO3S/c1-15-11-3-2-9(12)4-8(11)6-16-7-10(14)5-13/h2-4,10,13-14H,5-7H2,1H3. The molecule has 1 atom stereocenters. The Morgan fingerprint density at radius 1 is 1.50 bits per heavy atom. The molecule has 1 aromatic carbocycles. The number of hydrogen-bond donors (Lipinski definition) is 2. The van der Waals surface area contributed by atoms with E-state index >= 15 is 0 Å². The lowest BCUT2D eigenvalue weighted by Gasteiger charge is -2.10. The summed E-state index contributed by atoms with van der Waals surface area (Å²) in [6, 6.07) is 5.44. The van der Waals surface area contributed by atoms with Crippen LogP contribution < -0.4 is 4.74 Å².